The molecule has 0 bridgehead atoms. The van der Waals surface area contributed by atoms with E-state index >= 15 is 0 Å². The number of aliphatic hydroxyl groups excluding tert-OH is 1. The highest BCUT2D eigenvalue weighted by atomic mass is 16.5. The molecule has 0 aromatic rings. The van der Waals surface area contributed by atoms with E-state index in [1.165, 1.54) is 12.8 Å². The first-order chi connectivity index (χ1) is 6.18. The van der Waals surface area contributed by atoms with Gasteiger partial charge < -0.3 is 9.84 Å². The van der Waals surface area contributed by atoms with Crippen LogP contribution < -0.4 is 0 Å². The average molecular weight is 184 g/mol. The summed E-state index contributed by atoms with van der Waals surface area (Å²) in [5.74, 6) is 1.12. The van der Waals surface area contributed by atoms with E-state index in [-0.39, 0.29) is 12.2 Å². The molecule has 0 spiro atoms. The van der Waals surface area contributed by atoms with Crippen molar-refractivity contribution < 1.29 is 9.84 Å². The van der Waals surface area contributed by atoms with Crippen molar-refractivity contribution in [3.8, 4) is 0 Å². The molecule has 0 saturated carbocycles. The normalized spacial score (nSPS) is 21.9. The van der Waals surface area contributed by atoms with E-state index in [2.05, 4.69) is 6.08 Å². The van der Waals surface area contributed by atoms with Crippen LogP contribution in [0.25, 0.3) is 0 Å². The van der Waals surface area contributed by atoms with E-state index in [4.69, 9.17) is 9.84 Å². The van der Waals surface area contributed by atoms with Gasteiger partial charge in [-0.25, -0.2) is 0 Å². The van der Waals surface area contributed by atoms with Crippen molar-refractivity contribution in [1.82, 2.24) is 0 Å². The van der Waals surface area contributed by atoms with Gasteiger partial charge in [-0.15, -0.1) is 0 Å². The van der Waals surface area contributed by atoms with Crippen LogP contribution in [0.3, 0.4) is 0 Å². The Balaban J connectivity index is 2.26. The van der Waals surface area contributed by atoms with Gasteiger partial charge in [0.25, 0.3) is 0 Å². The molecule has 2 heteroatoms. The molecule has 0 radical (unpaired) electrons. The maximum atomic E-state index is 9.15. The molecule has 1 aliphatic rings. The van der Waals surface area contributed by atoms with Crippen LogP contribution in [0.4, 0.5) is 0 Å². The van der Waals surface area contributed by atoms with E-state index in [1.807, 2.05) is 6.92 Å². The molecule has 0 heterocycles. The van der Waals surface area contributed by atoms with Crippen molar-refractivity contribution in [1.29, 1.82) is 0 Å². The first kappa shape index (κ1) is 10.6. The Morgan fingerprint density at radius 2 is 2.23 bits per heavy atom. The van der Waals surface area contributed by atoms with Gasteiger partial charge in [0.2, 0.25) is 0 Å². The van der Waals surface area contributed by atoms with Crippen LogP contribution >= 0.6 is 0 Å². The highest BCUT2D eigenvalue weighted by Gasteiger charge is 2.10. The van der Waals surface area contributed by atoms with Crippen molar-refractivity contribution in [3.63, 3.8) is 0 Å². The maximum Gasteiger partial charge on any atom is 0.0978 e. The Labute approximate surface area is 80.6 Å². The van der Waals surface area contributed by atoms with Crippen molar-refractivity contribution >= 4 is 0 Å². The Morgan fingerprint density at radius 3 is 2.77 bits per heavy atom. The van der Waals surface area contributed by atoms with E-state index in [1.54, 1.807) is 6.92 Å². The lowest BCUT2D eigenvalue weighted by atomic mass is 10.1. The third-order valence-electron chi connectivity index (χ3n) is 2.27. The summed E-state index contributed by atoms with van der Waals surface area (Å²) in [5.41, 5.74) is 0. The molecule has 0 saturated heterocycles. The Hall–Kier alpha value is -0.500. The van der Waals surface area contributed by atoms with E-state index in [9.17, 15) is 0 Å². The van der Waals surface area contributed by atoms with Gasteiger partial charge in [-0.05, 0) is 39.2 Å². The second-order valence-electron chi connectivity index (χ2n) is 3.93. The van der Waals surface area contributed by atoms with E-state index < -0.39 is 0 Å². The second kappa shape index (κ2) is 5.28. The summed E-state index contributed by atoms with van der Waals surface area (Å²) < 4.78 is 5.70. The largest absolute Gasteiger partial charge is 0.495 e. The fourth-order valence-electron chi connectivity index (χ4n) is 1.70. The summed E-state index contributed by atoms with van der Waals surface area (Å²) in [6.45, 7) is 3.82. The monoisotopic (exact) mass is 184 g/mol. The van der Waals surface area contributed by atoms with Crippen molar-refractivity contribution in [2.24, 2.45) is 0 Å². The minimum Gasteiger partial charge on any atom is -0.495 e. The Kier molecular flexibility index (Phi) is 4.29. The van der Waals surface area contributed by atoms with Gasteiger partial charge in [0, 0.05) is 12.8 Å². The number of hydrogen-bond acceptors (Lipinski definition) is 2. The lowest BCUT2D eigenvalue weighted by Crippen LogP contribution is -2.15. The van der Waals surface area contributed by atoms with Crippen LogP contribution in [0.15, 0.2) is 11.8 Å². The maximum absolute atomic E-state index is 9.15. The summed E-state index contributed by atoms with van der Waals surface area (Å²) in [4.78, 5) is 0. The van der Waals surface area contributed by atoms with Gasteiger partial charge in [0.05, 0.1) is 18.0 Å². The lowest BCUT2D eigenvalue weighted by molar-refractivity contribution is 0.0659. The van der Waals surface area contributed by atoms with Crippen molar-refractivity contribution in [3.05, 3.63) is 11.8 Å². The van der Waals surface area contributed by atoms with Crippen LogP contribution in [-0.2, 0) is 4.74 Å². The van der Waals surface area contributed by atoms with Crippen LogP contribution in [0, 0.1) is 0 Å². The summed E-state index contributed by atoms with van der Waals surface area (Å²) >= 11 is 0. The van der Waals surface area contributed by atoms with E-state index in [0.717, 1.165) is 25.0 Å². The zero-order valence-electron chi connectivity index (χ0n) is 8.62. The molecule has 13 heavy (non-hydrogen) atoms. The lowest BCUT2D eigenvalue weighted by Gasteiger charge is -2.20. The molecule has 0 unspecified atom stereocenters. The summed E-state index contributed by atoms with van der Waals surface area (Å²) in [6.07, 6.45) is 7.54. The number of allylic oxidation sites excluding steroid dienone is 2. The molecule has 1 rings (SSSR count). The average Bonchev–Trinajstić information content (AvgIpc) is 2.04. The Bertz CT molecular complexity index is 173. The molecule has 0 aromatic heterocycles. The molecule has 0 aliphatic heterocycles. The number of hydrogen-bond donors (Lipinski definition) is 1. The Morgan fingerprint density at radius 1 is 1.46 bits per heavy atom. The fourth-order valence-corrected chi connectivity index (χ4v) is 1.70. The quantitative estimate of drug-likeness (QED) is 0.727. The number of aliphatic hydroxyl groups is 1. The highest BCUT2D eigenvalue weighted by Crippen LogP contribution is 2.20. The predicted molar refractivity (Wildman–Crippen MR) is 53.4 cm³/mol. The molecule has 1 N–H and O–H groups in total. The standard InChI is InChI=1S/C11H20O2/c1-9(12)8-10(2)13-11-6-4-3-5-7-11/h6,9-10,12H,3-5,7-8H2,1-2H3/t9-,10-/m1/s1. The number of ether oxygens (including phenoxy) is 1. The summed E-state index contributed by atoms with van der Waals surface area (Å²) in [5, 5.41) is 9.15. The zero-order valence-corrected chi connectivity index (χ0v) is 8.62. The third kappa shape index (κ3) is 4.32. The minimum absolute atomic E-state index is 0.143. The van der Waals surface area contributed by atoms with Crippen LogP contribution in [0.5, 0.6) is 0 Å². The molecule has 76 valence electrons. The van der Waals surface area contributed by atoms with Crippen LogP contribution in [-0.4, -0.2) is 17.3 Å². The van der Waals surface area contributed by atoms with Crippen molar-refractivity contribution in [2.75, 3.05) is 0 Å². The van der Waals surface area contributed by atoms with Gasteiger partial charge >= 0.3 is 0 Å². The van der Waals surface area contributed by atoms with Crippen LogP contribution in [0.1, 0.15) is 46.0 Å². The van der Waals surface area contributed by atoms with Crippen molar-refractivity contribution in [2.45, 2.75) is 58.2 Å². The topological polar surface area (TPSA) is 29.5 Å². The smallest absolute Gasteiger partial charge is 0.0978 e. The van der Waals surface area contributed by atoms with Gasteiger partial charge in [-0.2, -0.15) is 0 Å². The first-order valence-electron chi connectivity index (χ1n) is 5.22. The molecule has 2 nitrogen and oxygen atoms in total. The van der Waals surface area contributed by atoms with Gasteiger partial charge in [0.1, 0.15) is 0 Å². The van der Waals surface area contributed by atoms with Gasteiger partial charge in [-0.3, -0.25) is 0 Å². The zero-order chi connectivity index (χ0) is 9.68. The SMILES string of the molecule is C[C@H](C[C@@H](C)O)OC1=CCCCC1. The molecule has 0 aromatic carbocycles. The van der Waals surface area contributed by atoms with Gasteiger partial charge in [0.15, 0.2) is 0 Å². The first-order valence-corrected chi connectivity index (χ1v) is 5.22. The molecule has 2 atom stereocenters. The molecule has 1 aliphatic carbocycles. The third-order valence-corrected chi connectivity index (χ3v) is 2.27. The predicted octanol–water partition coefficient (Wildman–Crippen LogP) is 2.62. The van der Waals surface area contributed by atoms with Gasteiger partial charge in [-0.1, -0.05) is 0 Å². The minimum atomic E-state index is -0.265. The molecular weight excluding hydrogens is 164 g/mol. The summed E-state index contributed by atoms with van der Waals surface area (Å²) in [6, 6.07) is 0. The molecule has 0 fully saturated rings. The molecule has 0 amide bonds. The van der Waals surface area contributed by atoms with Crippen LogP contribution in [0.2, 0.25) is 0 Å². The summed E-state index contributed by atoms with van der Waals surface area (Å²) in [7, 11) is 0. The fraction of sp³-hybridized carbons (Fsp3) is 0.818. The molecular formula is C11H20O2. The highest BCUT2D eigenvalue weighted by molar-refractivity contribution is 4.97. The number of rotatable bonds is 4. The van der Waals surface area contributed by atoms with E-state index in [0.29, 0.717) is 0 Å². The second-order valence-corrected chi connectivity index (χ2v) is 3.93.